The van der Waals surface area contributed by atoms with E-state index in [1.54, 1.807) is 7.11 Å². The highest BCUT2D eigenvalue weighted by molar-refractivity contribution is 5.76. The van der Waals surface area contributed by atoms with E-state index in [0.717, 1.165) is 257 Å². The van der Waals surface area contributed by atoms with Gasteiger partial charge in [0.25, 0.3) is 0 Å². The van der Waals surface area contributed by atoms with Crippen LogP contribution in [0.5, 0.6) is 0 Å². The molecule has 0 bridgehead atoms. The summed E-state index contributed by atoms with van der Waals surface area (Å²) in [6.07, 6.45) is 41.6. The summed E-state index contributed by atoms with van der Waals surface area (Å²) in [6, 6.07) is 32.7. The number of nitrogens with zero attached hydrogens (tertiary/aromatic N) is 26. The van der Waals surface area contributed by atoms with Gasteiger partial charge in [0.2, 0.25) is 0 Å². The van der Waals surface area contributed by atoms with Crippen LogP contribution in [0, 0.1) is 0 Å². The van der Waals surface area contributed by atoms with Gasteiger partial charge in [-0.2, -0.15) is 30.6 Å². The molecule has 128 heavy (non-hydrogen) atoms. The molecule has 3 aromatic carbocycles. The standard InChI is InChI=1S/C35H43N9O.C33H39N9.C32H36N8O/c1-40-24-29-8-7-28-22-36-33(21-31-9-10-44(39-31)16-15-42-11-13-43(14-12-42)17-18-45-3)38-35(28)34(29)32(40)20-26-5-4-6-27(19-26)30-23-37-41(2)25-30;1-38-11-13-41(14-12-38)15-16-42-10-9-29(37-42)19-31-34-20-26-7-8-27-22-39(2)30(32(27)33(26)36-31)18-24-5-4-6-25(17-24)28-21-35-40(3)23-28;1-37-21-26-7-6-25-19-33-30(18-28-8-9-40(36-28)11-10-39-12-14-41-15-13-39)35-32(25)31(26)29(37)17-23-4-3-5-24(16-23)27-20-34-38(2)22-27/h4-6,9-10,19,22-25H,7-8,11-18,20-21H2,1-3H3;4-6,9-10,17,20-23H,7-8,11-16,18-19H2,1-3H3;3-5,8-9,16,19-22H,6-7,10-15,17-18H2,1-2H3. The minimum absolute atomic E-state index is 0.627. The van der Waals surface area contributed by atoms with Gasteiger partial charge in [0, 0.05) is 285 Å². The molecule has 0 amide bonds. The average Bonchev–Trinajstić information content (AvgIpc) is 1.69. The largest absolute Gasteiger partial charge is 0.383 e. The van der Waals surface area contributed by atoms with E-state index in [1.807, 2.05) is 77.1 Å². The van der Waals surface area contributed by atoms with Gasteiger partial charge in [-0.05, 0) is 131 Å². The fourth-order valence-electron chi connectivity index (χ4n) is 19.2. The van der Waals surface area contributed by atoms with Crippen molar-refractivity contribution in [2.24, 2.45) is 42.3 Å². The molecule has 6 aliphatic rings. The van der Waals surface area contributed by atoms with Crippen LogP contribution in [0.4, 0.5) is 0 Å². The number of likely N-dealkylation sites (N-methyl/N-ethyl adjacent to an activating group) is 1. The van der Waals surface area contributed by atoms with Gasteiger partial charge < -0.3 is 28.1 Å². The number of aryl methyl sites for hydroxylation is 12. The number of hydrogen-bond acceptors (Lipinski definition) is 19. The highest BCUT2D eigenvalue weighted by Crippen LogP contribution is 2.41. The quantitative estimate of drug-likeness (QED) is 0.0465. The van der Waals surface area contributed by atoms with Crippen LogP contribution < -0.4 is 0 Å². The van der Waals surface area contributed by atoms with Crippen molar-refractivity contribution in [3.63, 3.8) is 0 Å². The molecular formula is C100H118N26O2. The van der Waals surface area contributed by atoms with Crippen molar-refractivity contribution >= 4 is 0 Å². The number of ether oxygens (including phenoxy) is 2. The first-order valence-electron chi connectivity index (χ1n) is 45.6. The van der Waals surface area contributed by atoms with Crippen LogP contribution in [0.1, 0.15) is 102 Å². The first-order valence-corrected chi connectivity index (χ1v) is 45.6. The second kappa shape index (κ2) is 38.7. The Labute approximate surface area is 749 Å². The summed E-state index contributed by atoms with van der Waals surface area (Å²) in [5, 5.41) is 27.6. The lowest BCUT2D eigenvalue weighted by Crippen LogP contribution is -2.47. The van der Waals surface area contributed by atoms with Crippen molar-refractivity contribution in [1.82, 2.24) is 127 Å². The van der Waals surface area contributed by atoms with Crippen LogP contribution in [0.15, 0.2) is 184 Å². The van der Waals surface area contributed by atoms with Crippen LogP contribution >= 0.6 is 0 Å². The van der Waals surface area contributed by atoms with Crippen LogP contribution in [0.2, 0.25) is 0 Å². The first-order chi connectivity index (χ1) is 62.6. The molecule has 3 aliphatic heterocycles. The maximum absolute atomic E-state index is 5.46. The van der Waals surface area contributed by atoms with E-state index in [2.05, 4.69) is 238 Å². The van der Waals surface area contributed by atoms with E-state index in [-0.39, 0.29) is 0 Å². The second-order valence-electron chi connectivity index (χ2n) is 35.6. The Morgan fingerprint density at radius 3 is 0.992 bits per heavy atom. The minimum Gasteiger partial charge on any atom is -0.383 e. The lowest BCUT2D eigenvalue weighted by molar-refractivity contribution is 0.0359. The number of piperazine rings is 2. The summed E-state index contributed by atoms with van der Waals surface area (Å²) in [6.45, 7) is 20.1. The molecular weight excluding hydrogens is 1600 g/mol. The Bertz CT molecular complexity index is 6330. The molecule has 28 heteroatoms. The predicted molar refractivity (Wildman–Crippen MR) is 497 cm³/mol. The molecule has 0 spiro atoms. The molecule has 3 aliphatic carbocycles. The maximum Gasteiger partial charge on any atom is 0.134 e. The molecule has 0 atom stereocenters. The highest BCUT2D eigenvalue weighted by Gasteiger charge is 2.30. The normalized spacial score (nSPS) is 15.4. The topological polar surface area (TPSA) is 234 Å². The maximum atomic E-state index is 5.46. The van der Waals surface area contributed by atoms with Gasteiger partial charge in [-0.25, -0.2) is 29.9 Å². The van der Waals surface area contributed by atoms with E-state index < -0.39 is 0 Å². The van der Waals surface area contributed by atoms with E-state index >= 15 is 0 Å². The van der Waals surface area contributed by atoms with Gasteiger partial charge in [-0.1, -0.05) is 72.8 Å². The third kappa shape index (κ3) is 20.0. The summed E-state index contributed by atoms with van der Waals surface area (Å²) in [7, 11) is 16.3. The van der Waals surface area contributed by atoms with Crippen molar-refractivity contribution < 1.29 is 9.47 Å². The molecule has 15 aromatic rings. The van der Waals surface area contributed by atoms with Crippen molar-refractivity contribution in [2.75, 3.05) is 126 Å². The van der Waals surface area contributed by atoms with Gasteiger partial charge in [0.15, 0.2) is 0 Å². The number of methoxy groups -OCH3 is 1. The fourth-order valence-corrected chi connectivity index (χ4v) is 19.2. The Morgan fingerprint density at radius 1 is 0.328 bits per heavy atom. The molecule has 3 saturated heterocycles. The van der Waals surface area contributed by atoms with Crippen molar-refractivity contribution in [3.05, 3.63) is 286 Å². The predicted octanol–water partition coefficient (Wildman–Crippen LogP) is 10.9. The van der Waals surface area contributed by atoms with Gasteiger partial charge in [0.1, 0.15) is 17.5 Å². The molecule has 15 heterocycles. The summed E-state index contributed by atoms with van der Waals surface area (Å²) >= 11 is 0. The molecule has 0 unspecified atom stereocenters. The Balaban J connectivity index is 0.000000125. The van der Waals surface area contributed by atoms with Crippen molar-refractivity contribution in [2.45, 2.75) is 96.7 Å². The SMILES string of the molecule is CN1CCN(CCn2ccc(Cc3ncc4c(n3)-c3c(cn(C)c3Cc3cccc(-c5cnn(C)c5)c3)CC4)n2)CC1.COCCN1CCN(CCn2ccc(Cc3ncc4c(n3)-c3c(cn(C)c3Cc3cccc(-c5cnn(C)c5)c3)CC4)n2)CC1.Cn1cc(-c2cccc(Cc3c4c(cn3C)CCc3cnc(Cc5ccn(CCN6CCOCC6)n5)nc3-4)c2)cn1. The molecule has 0 N–H and O–H groups in total. The monoisotopic (exact) mass is 1710 g/mol. The summed E-state index contributed by atoms with van der Waals surface area (Å²) in [5.74, 6) is 2.48. The third-order valence-corrected chi connectivity index (χ3v) is 26.4. The second-order valence-corrected chi connectivity index (χ2v) is 35.6. The number of morpholine rings is 1. The van der Waals surface area contributed by atoms with E-state index in [9.17, 15) is 0 Å². The van der Waals surface area contributed by atoms with Crippen LogP contribution in [-0.2, 0) is 148 Å². The molecule has 28 nitrogen and oxygen atoms in total. The van der Waals surface area contributed by atoms with E-state index in [1.165, 1.54) is 101 Å². The molecule has 3 fully saturated rings. The van der Waals surface area contributed by atoms with Crippen molar-refractivity contribution in [1.29, 1.82) is 0 Å². The average molecular weight is 1720 g/mol. The zero-order valence-corrected chi connectivity index (χ0v) is 75.4. The smallest absolute Gasteiger partial charge is 0.134 e. The number of aromatic nitrogens is 21. The minimum atomic E-state index is 0.627. The van der Waals surface area contributed by atoms with Gasteiger partial charge in [-0.15, -0.1) is 0 Å². The highest BCUT2D eigenvalue weighted by atomic mass is 16.5. The summed E-state index contributed by atoms with van der Waals surface area (Å²) < 4.78 is 29.3. The number of benzene rings is 3. The number of hydrogen-bond donors (Lipinski definition) is 0. The third-order valence-electron chi connectivity index (χ3n) is 26.4. The van der Waals surface area contributed by atoms with E-state index in [0.29, 0.717) is 19.3 Å². The lowest BCUT2D eigenvalue weighted by atomic mass is 9.90. The van der Waals surface area contributed by atoms with Crippen LogP contribution in [0.25, 0.3) is 67.2 Å². The van der Waals surface area contributed by atoms with E-state index in [4.69, 9.17) is 54.7 Å². The number of fused-ring (bicyclic) bond motifs is 9. The Kier molecular flexibility index (Phi) is 25.8. The Hall–Kier alpha value is -12.3. The lowest BCUT2D eigenvalue weighted by Gasteiger charge is -2.34. The molecule has 660 valence electrons. The van der Waals surface area contributed by atoms with Gasteiger partial charge in [0.05, 0.1) is 111 Å². The van der Waals surface area contributed by atoms with Gasteiger partial charge in [-0.3, -0.25) is 47.7 Å². The molecule has 21 rings (SSSR count). The molecule has 0 saturated carbocycles. The van der Waals surface area contributed by atoms with Crippen LogP contribution in [-0.4, -0.2) is 252 Å². The summed E-state index contributed by atoms with van der Waals surface area (Å²) in [5.41, 5.74) is 32.7. The fraction of sp³-hybridized carbons (Fsp3) is 0.400. The number of rotatable bonds is 27. The van der Waals surface area contributed by atoms with Crippen LogP contribution in [0.3, 0.4) is 0 Å². The molecule has 12 aromatic heterocycles. The van der Waals surface area contributed by atoms with Gasteiger partial charge >= 0.3 is 0 Å². The van der Waals surface area contributed by atoms with Crippen molar-refractivity contribution in [3.8, 4) is 67.2 Å². The Morgan fingerprint density at radius 2 is 0.656 bits per heavy atom. The molecule has 0 radical (unpaired) electrons. The zero-order valence-electron chi connectivity index (χ0n) is 75.4. The summed E-state index contributed by atoms with van der Waals surface area (Å²) in [4.78, 5) is 42.2. The zero-order chi connectivity index (χ0) is 87.1. The first kappa shape index (κ1) is 85.2.